The van der Waals surface area contributed by atoms with Crippen LogP contribution in [0.5, 0.6) is 5.75 Å². The van der Waals surface area contributed by atoms with E-state index in [9.17, 15) is 14.6 Å². The van der Waals surface area contributed by atoms with Crippen LogP contribution in [0, 0.1) is 11.8 Å². The highest BCUT2D eigenvalue weighted by Gasteiger charge is 2.38. The fourth-order valence-corrected chi connectivity index (χ4v) is 3.68. The van der Waals surface area contributed by atoms with Crippen molar-refractivity contribution in [2.24, 2.45) is 0 Å². The Kier molecular flexibility index (Phi) is 7.40. The Morgan fingerprint density at radius 2 is 1.88 bits per heavy atom. The summed E-state index contributed by atoms with van der Waals surface area (Å²) in [4.78, 5) is 4.13. The molecule has 2 aromatic carbocycles. The Labute approximate surface area is 193 Å². The maximum Gasteiger partial charge on any atom is 0.138 e. The molecule has 1 aliphatic rings. The molecule has 6 nitrogen and oxygen atoms in total. The third-order valence-electron chi connectivity index (χ3n) is 5.56. The molecule has 1 heterocycles. The number of hydrogen-bond acceptors (Lipinski definition) is 5. The topological polar surface area (TPSA) is 79.5 Å². The van der Waals surface area contributed by atoms with Gasteiger partial charge in [0, 0.05) is 37.0 Å². The summed E-state index contributed by atoms with van der Waals surface area (Å²) in [6.07, 6.45) is 3.57. The summed E-state index contributed by atoms with van der Waals surface area (Å²) in [5, 5.41) is 22.7. The standard InChI is InChI=1S/C26H28FN3O3/c1-18(32)26-29-14-15-30(26)22(17-31)9-4-19-2-5-20(6-3-19)21-7-10-23(11-8-21)33-25-16-24(25)28-13-12-27/h2-3,5-8,10-11,14-15,18,22,24-25,28,31-32H,12-13,16-17H2,1H3/t18-,22?,24?,25?/m0/s1. The Hall–Kier alpha value is -3.18. The van der Waals surface area contributed by atoms with E-state index in [1.807, 2.05) is 48.5 Å². The van der Waals surface area contributed by atoms with Gasteiger partial charge in [-0.05, 0) is 42.3 Å². The molecule has 3 unspecified atom stereocenters. The molecule has 1 saturated carbocycles. The molecule has 4 rings (SSSR count). The number of nitrogens with one attached hydrogen (secondary N) is 1. The van der Waals surface area contributed by atoms with Crippen LogP contribution in [0.1, 0.15) is 36.9 Å². The van der Waals surface area contributed by atoms with E-state index < -0.39 is 12.1 Å². The van der Waals surface area contributed by atoms with E-state index >= 15 is 0 Å². The minimum absolute atomic E-state index is 0.113. The summed E-state index contributed by atoms with van der Waals surface area (Å²) in [6, 6.07) is 15.6. The molecule has 172 valence electrons. The fraction of sp³-hybridized carbons (Fsp3) is 0.346. The second-order valence-electron chi connectivity index (χ2n) is 8.08. The zero-order chi connectivity index (χ0) is 23.2. The van der Waals surface area contributed by atoms with Gasteiger partial charge in [0.1, 0.15) is 36.5 Å². The predicted octanol–water partition coefficient (Wildman–Crippen LogP) is 3.27. The molecule has 3 N–H and O–H groups in total. The normalized spacial score (nSPS) is 18.8. The van der Waals surface area contributed by atoms with Crippen molar-refractivity contribution in [3.63, 3.8) is 0 Å². The number of ether oxygens (including phenoxy) is 1. The van der Waals surface area contributed by atoms with Crippen LogP contribution in [-0.2, 0) is 0 Å². The second-order valence-corrected chi connectivity index (χ2v) is 8.08. The van der Waals surface area contributed by atoms with Crippen LogP contribution in [0.15, 0.2) is 60.9 Å². The van der Waals surface area contributed by atoms with Crippen LogP contribution < -0.4 is 10.1 Å². The first-order chi connectivity index (χ1) is 16.1. The van der Waals surface area contributed by atoms with Gasteiger partial charge in [0.2, 0.25) is 0 Å². The summed E-state index contributed by atoms with van der Waals surface area (Å²) in [7, 11) is 0. The van der Waals surface area contributed by atoms with E-state index in [0.29, 0.717) is 12.4 Å². The lowest BCUT2D eigenvalue weighted by Crippen LogP contribution is -2.23. The van der Waals surface area contributed by atoms with E-state index in [4.69, 9.17) is 4.74 Å². The Balaban J connectivity index is 1.38. The molecule has 3 aromatic rings. The lowest BCUT2D eigenvalue weighted by molar-refractivity contribution is 0.176. The molecule has 0 saturated heterocycles. The zero-order valence-electron chi connectivity index (χ0n) is 18.5. The maximum absolute atomic E-state index is 12.2. The third-order valence-corrected chi connectivity index (χ3v) is 5.56. The first kappa shape index (κ1) is 23.0. The molecule has 0 amide bonds. The molecule has 33 heavy (non-hydrogen) atoms. The van der Waals surface area contributed by atoms with Crippen LogP contribution >= 0.6 is 0 Å². The van der Waals surface area contributed by atoms with E-state index in [2.05, 4.69) is 22.1 Å². The molecule has 0 bridgehead atoms. The molecule has 1 aromatic heterocycles. The van der Waals surface area contributed by atoms with Gasteiger partial charge < -0.3 is 24.8 Å². The molecular formula is C26H28FN3O3. The van der Waals surface area contributed by atoms with Gasteiger partial charge in [0.25, 0.3) is 0 Å². The van der Waals surface area contributed by atoms with Gasteiger partial charge >= 0.3 is 0 Å². The van der Waals surface area contributed by atoms with Crippen molar-refractivity contribution in [1.82, 2.24) is 14.9 Å². The molecule has 0 radical (unpaired) electrons. The molecule has 4 atom stereocenters. The van der Waals surface area contributed by atoms with Crippen LogP contribution in [0.2, 0.25) is 0 Å². The predicted molar refractivity (Wildman–Crippen MR) is 125 cm³/mol. The average molecular weight is 450 g/mol. The van der Waals surface area contributed by atoms with E-state index in [1.54, 1.807) is 23.9 Å². The Morgan fingerprint density at radius 3 is 2.52 bits per heavy atom. The lowest BCUT2D eigenvalue weighted by Gasteiger charge is -2.14. The minimum Gasteiger partial charge on any atom is -0.489 e. The first-order valence-electron chi connectivity index (χ1n) is 11.1. The monoisotopic (exact) mass is 449 g/mol. The largest absolute Gasteiger partial charge is 0.489 e. The summed E-state index contributed by atoms with van der Waals surface area (Å²) in [6.45, 7) is 1.46. The van der Waals surface area contributed by atoms with Crippen molar-refractivity contribution in [2.75, 3.05) is 19.8 Å². The summed E-state index contributed by atoms with van der Waals surface area (Å²) < 4.78 is 19.8. The molecule has 0 spiro atoms. The van der Waals surface area contributed by atoms with Crippen molar-refractivity contribution in [3.05, 3.63) is 72.3 Å². The summed E-state index contributed by atoms with van der Waals surface area (Å²) >= 11 is 0. The highest BCUT2D eigenvalue weighted by atomic mass is 19.1. The number of halogens is 1. The number of nitrogens with zero attached hydrogens (tertiary/aromatic N) is 2. The third kappa shape index (κ3) is 5.79. The Bertz CT molecular complexity index is 1100. The minimum atomic E-state index is -0.740. The van der Waals surface area contributed by atoms with Crippen LogP contribution in [0.4, 0.5) is 4.39 Å². The number of aliphatic hydroxyl groups excluding tert-OH is 2. The number of imidazole rings is 1. The van der Waals surface area contributed by atoms with E-state index in [1.165, 1.54) is 0 Å². The number of benzene rings is 2. The van der Waals surface area contributed by atoms with Gasteiger partial charge in [-0.15, -0.1) is 0 Å². The quantitative estimate of drug-likeness (QED) is 0.437. The maximum atomic E-state index is 12.2. The highest BCUT2D eigenvalue weighted by molar-refractivity contribution is 5.65. The van der Waals surface area contributed by atoms with E-state index in [-0.39, 0.29) is 25.4 Å². The number of hydrogen-bond donors (Lipinski definition) is 3. The van der Waals surface area contributed by atoms with E-state index in [0.717, 1.165) is 28.9 Å². The summed E-state index contributed by atoms with van der Waals surface area (Å²) in [5.74, 6) is 7.43. The fourth-order valence-electron chi connectivity index (χ4n) is 3.68. The zero-order valence-corrected chi connectivity index (χ0v) is 18.5. The average Bonchev–Trinajstić information content (AvgIpc) is 3.37. The van der Waals surface area contributed by atoms with Gasteiger partial charge in [0.15, 0.2) is 0 Å². The van der Waals surface area contributed by atoms with Crippen molar-refractivity contribution in [1.29, 1.82) is 0 Å². The molecule has 7 heteroatoms. The number of aliphatic hydroxyl groups is 2. The number of aromatic nitrogens is 2. The Morgan fingerprint density at radius 1 is 1.18 bits per heavy atom. The molecular weight excluding hydrogens is 421 g/mol. The first-order valence-corrected chi connectivity index (χ1v) is 11.1. The SMILES string of the molecule is C[C@H](O)c1nccn1C(C#Cc1ccc(-c2ccc(OC3CC3NCCF)cc2)cc1)CO. The van der Waals surface area contributed by atoms with Crippen molar-refractivity contribution in [3.8, 4) is 28.7 Å². The van der Waals surface area contributed by atoms with Gasteiger partial charge in [-0.3, -0.25) is 0 Å². The highest BCUT2D eigenvalue weighted by Crippen LogP contribution is 2.29. The van der Waals surface area contributed by atoms with Crippen LogP contribution in [0.25, 0.3) is 11.1 Å². The van der Waals surface area contributed by atoms with Crippen molar-refractivity contribution in [2.45, 2.75) is 37.6 Å². The van der Waals surface area contributed by atoms with Crippen molar-refractivity contribution < 1.29 is 19.3 Å². The van der Waals surface area contributed by atoms with Gasteiger partial charge in [-0.1, -0.05) is 36.1 Å². The van der Waals surface area contributed by atoms with Gasteiger partial charge in [-0.2, -0.15) is 0 Å². The van der Waals surface area contributed by atoms with Crippen LogP contribution in [-0.4, -0.2) is 51.7 Å². The molecule has 1 aliphatic carbocycles. The molecule has 1 fully saturated rings. The lowest BCUT2D eigenvalue weighted by atomic mass is 10.0. The van der Waals surface area contributed by atoms with Crippen molar-refractivity contribution >= 4 is 0 Å². The number of alkyl halides is 1. The summed E-state index contributed by atoms with van der Waals surface area (Å²) in [5.41, 5.74) is 2.96. The smallest absolute Gasteiger partial charge is 0.138 e. The second kappa shape index (κ2) is 10.6. The van der Waals surface area contributed by atoms with Gasteiger partial charge in [0.05, 0.1) is 6.61 Å². The van der Waals surface area contributed by atoms with Gasteiger partial charge in [-0.25, -0.2) is 9.37 Å². The number of rotatable bonds is 9. The van der Waals surface area contributed by atoms with Crippen LogP contribution in [0.3, 0.4) is 0 Å². The molecule has 0 aliphatic heterocycles.